The van der Waals surface area contributed by atoms with E-state index < -0.39 is 5.97 Å². The molecule has 0 radical (unpaired) electrons. The van der Waals surface area contributed by atoms with Gasteiger partial charge in [-0.2, -0.15) is 0 Å². The Morgan fingerprint density at radius 1 is 1.14 bits per heavy atom. The number of carboxylic acid groups (broad SMARTS) is 1. The Hall–Kier alpha value is -2.04. The highest BCUT2D eigenvalue weighted by molar-refractivity contribution is 5.94. The molecule has 1 fully saturated rings. The molecule has 0 bridgehead atoms. The second-order valence-electron chi connectivity index (χ2n) is 6.21. The molecule has 1 amide bonds. The van der Waals surface area contributed by atoms with Gasteiger partial charge in [0.2, 0.25) is 0 Å². The Bertz CT molecular complexity index is 517. The van der Waals surface area contributed by atoms with Crippen LogP contribution in [0.25, 0.3) is 0 Å². The number of rotatable bonds is 5. The van der Waals surface area contributed by atoms with Crippen molar-refractivity contribution in [1.29, 1.82) is 0 Å². The average Bonchev–Trinajstić information content (AvgIpc) is 2.53. The summed E-state index contributed by atoms with van der Waals surface area (Å²) in [7, 11) is 3.92. The van der Waals surface area contributed by atoms with Crippen molar-refractivity contribution in [2.75, 3.05) is 25.5 Å². The molecule has 0 heterocycles. The number of amides is 1. The van der Waals surface area contributed by atoms with Crippen molar-refractivity contribution in [3.05, 3.63) is 29.8 Å². The number of hydrogen-bond donors (Lipinski definition) is 2. The normalized spacial score (nSPS) is 21.2. The molecule has 0 aromatic heterocycles. The number of aliphatic carboxylic acids is 1. The molecule has 0 spiro atoms. The number of carbonyl (C=O) groups is 2. The fourth-order valence-corrected chi connectivity index (χ4v) is 2.86. The first-order valence-electron chi connectivity index (χ1n) is 7.75. The van der Waals surface area contributed by atoms with Gasteiger partial charge in [0.1, 0.15) is 0 Å². The van der Waals surface area contributed by atoms with Crippen LogP contribution in [-0.4, -0.2) is 37.6 Å². The maximum absolute atomic E-state index is 12.1. The van der Waals surface area contributed by atoms with Crippen molar-refractivity contribution in [2.45, 2.75) is 25.7 Å². The minimum absolute atomic E-state index is 0.0642. The highest BCUT2D eigenvalue weighted by Gasteiger charge is 2.26. The van der Waals surface area contributed by atoms with E-state index in [1.807, 2.05) is 43.3 Å². The lowest BCUT2D eigenvalue weighted by Gasteiger charge is -2.26. The third-order valence-corrected chi connectivity index (χ3v) is 4.39. The largest absolute Gasteiger partial charge is 0.481 e. The number of carbonyl (C=O) groups excluding carboxylic acids is 1. The van der Waals surface area contributed by atoms with Crippen LogP contribution >= 0.6 is 0 Å². The molecule has 1 aromatic carbocycles. The molecule has 1 aliphatic rings. The zero-order chi connectivity index (χ0) is 16.1. The van der Waals surface area contributed by atoms with Crippen LogP contribution < -0.4 is 10.2 Å². The predicted molar refractivity (Wildman–Crippen MR) is 86.2 cm³/mol. The lowest BCUT2D eigenvalue weighted by Crippen LogP contribution is -2.32. The number of benzene rings is 1. The third-order valence-electron chi connectivity index (χ3n) is 4.39. The van der Waals surface area contributed by atoms with Crippen molar-refractivity contribution in [1.82, 2.24) is 5.32 Å². The Balaban J connectivity index is 1.79. The van der Waals surface area contributed by atoms with Crippen LogP contribution in [0.4, 0.5) is 5.69 Å². The minimum Gasteiger partial charge on any atom is -0.481 e. The Labute approximate surface area is 131 Å². The summed E-state index contributed by atoms with van der Waals surface area (Å²) in [4.78, 5) is 25.0. The summed E-state index contributed by atoms with van der Waals surface area (Å²) >= 11 is 0. The molecule has 5 heteroatoms. The van der Waals surface area contributed by atoms with Crippen LogP contribution in [0.3, 0.4) is 0 Å². The van der Waals surface area contributed by atoms with Gasteiger partial charge in [-0.05, 0) is 55.9 Å². The van der Waals surface area contributed by atoms with Crippen molar-refractivity contribution in [3.8, 4) is 0 Å². The smallest absolute Gasteiger partial charge is 0.306 e. The number of hydrogen-bond acceptors (Lipinski definition) is 3. The maximum atomic E-state index is 12.1. The third kappa shape index (κ3) is 4.23. The van der Waals surface area contributed by atoms with E-state index in [-0.39, 0.29) is 11.8 Å². The van der Waals surface area contributed by atoms with E-state index >= 15 is 0 Å². The van der Waals surface area contributed by atoms with Gasteiger partial charge in [0.15, 0.2) is 0 Å². The van der Waals surface area contributed by atoms with Crippen LogP contribution in [0, 0.1) is 11.8 Å². The molecule has 0 atom stereocenters. The van der Waals surface area contributed by atoms with Gasteiger partial charge in [0.25, 0.3) is 5.91 Å². The van der Waals surface area contributed by atoms with Crippen LogP contribution in [0.2, 0.25) is 0 Å². The molecule has 120 valence electrons. The zero-order valence-corrected chi connectivity index (χ0v) is 13.2. The first-order chi connectivity index (χ1) is 10.5. The molecule has 0 saturated heterocycles. The van der Waals surface area contributed by atoms with Crippen molar-refractivity contribution >= 4 is 17.6 Å². The van der Waals surface area contributed by atoms with Crippen molar-refractivity contribution in [2.24, 2.45) is 11.8 Å². The maximum Gasteiger partial charge on any atom is 0.306 e. The molecule has 1 aliphatic carbocycles. The summed E-state index contributed by atoms with van der Waals surface area (Å²) in [5.74, 6) is -0.569. The highest BCUT2D eigenvalue weighted by Crippen LogP contribution is 2.28. The van der Waals surface area contributed by atoms with Gasteiger partial charge < -0.3 is 15.3 Å². The topological polar surface area (TPSA) is 69.6 Å². The summed E-state index contributed by atoms with van der Waals surface area (Å²) in [5, 5.41) is 11.9. The van der Waals surface area contributed by atoms with Gasteiger partial charge in [-0.1, -0.05) is 0 Å². The second-order valence-corrected chi connectivity index (χ2v) is 6.21. The number of nitrogens with zero attached hydrogens (tertiary/aromatic N) is 1. The monoisotopic (exact) mass is 304 g/mol. The Morgan fingerprint density at radius 2 is 1.73 bits per heavy atom. The fourth-order valence-electron chi connectivity index (χ4n) is 2.86. The number of nitrogens with one attached hydrogen (secondary N) is 1. The molecular formula is C17H24N2O3. The highest BCUT2D eigenvalue weighted by atomic mass is 16.4. The van der Waals surface area contributed by atoms with Gasteiger partial charge in [0.05, 0.1) is 5.92 Å². The van der Waals surface area contributed by atoms with Crippen LogP contribution in [-0.2, 0) is 4.79 Å². The van der Waals surface area contributed by atoms with E-state index in [2.05, 4.69) is 5.32 Å². The van der Waals surface area contributed by atoms with Crippen LogP contribution in [0.15, 0.2) is 24.3 Å². The fraction of sp³-hybridized carbons (Fsp3) is 0.529. The molecule has 1 saturated carbocycles. The van der Waals surface area contributed by atoms with E-state index in [9.17, 15) is 9.59 Å². The Morgan fingerprint density at radius 3 is 2.23 bits per heavy atom. The van der Waals surface area contributed by atoms with Gasteiger partial charge in [0, 0.05) is 31.9 Å². The SMILES string of the molecule is CN(C)c1ccc(C(=O)NCC2CCC(C(=O)O)CC2)cc1. The van der Waals surface area contributed by atoms with E-state index in [1.54, 1.807) is 0 Å². The summed E-state index contributed by atoms with van der Waals surface area (Å²) in [6.45, 7) is 0.626. The molecule has 5 nitrogen and oxygen atoms in total. The standard InChI is InChI=1S/C17H24N2O3/c1-19(2)15-9-7-13(8-10-15)16(20)18-11-12-3-5-14(6-4-12)17(21)22/h7-10,12,14H,3-6,11H2,1-2H3,(H,18,20)(H,21,22). The van der Waals surface area contributed by atoms with E-state index in [4.69, 9.17) is 5.11 Å². The van der Waals surface area contributed by atoms with Crippen molar-refractivity contribution in [3.63, 3.8) is 0 Å². The second kappa shape index (κ2) is 7.29. The minimum atomic E-state index is -0.691. The van der Waals surface area contributed by atoms with E-state index in [1.165, 1.54) is 0 Å². The predicted octanol–water partition coefficient (Wildman–Crippen LogP) is 2.37. The van der Waals surface area contributed by atoms with Gasteiger partial charge in [-0.3, -0.25) is 9.59 Å². The quantitative estimate of drug-likeness (QED) is 0.876. The first-order valence-corrected chi connectivity index (χ1v) is 7.75. The summed E-state index contributed by atoms with van der Waals surface area (Å²) in [6, 6.07) is 7.50. The molecule has 22 heavy (non-hydrogen) atoms. The first kappa shape index (κ1) is 16.3. The summed E-state index contributed by atoms with van der Waals surface area (Å²) < 4.78 is 0. The van der Waals surface area contributed by atoms with Gasteiger partial charge in [-0.25, -0.2) is 0 Å². The van der Waals surface area contributed by atoms with E-state index in [0.29, 0.717) is 30.9 Å². The van der Waals surface area contributed by atoms with Gasteiger partial charge >= 0.3 is 5.97 Å². The molecule has 1 aromatic rings. The lowest BCUT2D eigenvalue weighted by molar-refractivity contribution is -0.143. The molecule has 2 N–H and O–H groups in total. The molecule has 0 aliphatic heterocycles. The molecule has 2 rings (SSSR count). The molecular weight excluding hydrogens is 280 g/mol. The number of anilines is 1. The summed E-state index contributed by atoms with van der Waals surface area (Å²) in [6.07, 6.45) is 3.18. The summed E-state index contributed by atoms with van der Waals surface area (Å²) in [5.41, 5.74) is 1.72. The zero-order valence-electron chi connectivity index (χ0n) is 13.2. The molecule has 0 unspecified atom stereocenters. The lowest BCUT2D eigenvalue weighted by atomic mass is 9.82. The van der Waals surface area contributed by atoms with E-state index in [0.717, 1.165) is 18.5 Å². The average molecular weight is 304 g/mol. The van der Waals surface area contributed by atoms with Crippen LogP contribution in [0.1, 0.15) is 36.0 Å². The Kier molecular flexibility index (Phi) is 5.41. The van der Waals surface area contributed by atoms with Crippen molar-refractivity contribution < 1.29 is 14.7 Å². The number of carboxylic acids is 1. The van der Waals surface area contributed by atoms with Crippen LogP contribution in [0.5, 0.6) is 0 Å². The van der Waals surface area contributed by atoms with Gasteiger partial charge in [-0.15, -0.1) is 0 Å².